The second kappa shape index (κ2) is 7.35. The predicted octanol–water partition coefficient (Wildman–Crippen LogP) is 2.01. The molecule has 4 atom stereocenters. The van der Waals surface area contributed by atoms with E-state index in [0.29, 0.717) is 17.9 Å². The minimum absolute atomic E-state index is 0.0140. The van der Waals surface area contributed by atoms with Crippen LogP contribution in [0.15, 0.2) is 54.6 Å². The minimum Gasteiger partial charge on any atom is -0.346 e. The third-order valence-electron chi connectivity index (χ3n) is 6.03. The van der Waals surface area contributed by atoms with E-state index >= 15 is 0 Å². The van der Waals surface area contributed by atoms with Crippen LogP contribution in [0.3, 0.4) is 0 Å². The Kier molecular flexibility index (Phi) is 4.77. The predicted molar refractivity (Wildman–Crippen MR) is 104 cm³/mol. The van der Waals surface area contributed by atoms with Crippen molar-refractivity contribution >= 4 is 5.91 Å². The van der Waals surface area contributed by atoms with Crippen LogP contribution in [0, 0.1) is 24.2 Å². The first-order valence-electron chi connectivity index (χ1n) is 9.49. The van der Waals surface area contributed by atoms with Crippen LogP contribution < -0.4 is 10.2 Å². The van der Waals surface area contributed by atoms with Crippen molar-refractivity contribution in [1.82, 2.24) is 5.32 Å². The topological polar surface area (TPSA) is 33.5 Å². The second-order valence-electron chi connectivity index (χ2n) is 7.52. The lowest BCUT2D eigenvalue weighted by atomic mass is 9.76. The molecule has 0 radical (unpaired) electrons. The number of hydrogen-bond donors (Lipinski definition) is 2. The number of carbonyl (C=O) groups is 1. The van der Waals surface area contributed by atoms with E-state index in [1.165, 1.54) is 13.0 Å². The first kappa shape index (κ1) is 16.9. The summed E-state index contributed by atoms with van der Waals surface area (Å²) in [7, 11) is 0. The van der Waals surface area contributed by atoms with Gasteiger partial charge in [0.2, 0.25) is 0 Å². The largest absolute Gasteiger partial charge is 0.346 e. The zero-order valence-corrected chi connectivity index (χ0v) is 14.9. The van der Waals surface area contributed by atoms with E-state index in [1.54, 1.807) is 4.90 Å². The van der Waals surface area contributed by atoms with Crippen molar-refractivity contribution in [3.05, 3.63) is 60.2 Å². The lowest BCUT2D eigenvalue weighted by Gasteiger charge is -2.45. The summed E-state index contributed by atoms with van der Waals surface area (Å²) in [6.07, 6.45) is 8.02. The smallest absolute Gasteiger partial charge is 0.251 e. The monoisotopic (exact) mass is 345 g/mol. The van der Waals surface area contributed by atoms with E-state index in [0.717, 1.165) is 36.2 Å². The molecule has 3 aliphatic heterocycles. The maximum absolute atomic E-state index is 12.5. The molecule has 3 heteroatoms. The van der Waals surface area contributed by atoms with Crippen LogP contribution in [0.4, 0.5) is 0 Å². The van der Waals surface area contributed by atoms with Crippen LogP contribution in [-0.4, -0.2) is 31.6 Å². The Bertz CT molecular complexity index is 806. The molecule has 26 heavy (non-hydrogen) atoms. The van der Waals surface area contributed by atoms with Gasteiger partial charge in [0.15, 0.2) is 0 Å². The van der Waals surface area contributed by atoms with Crippen molar-refractivity contribution in [1.29, 1.82) is 0 Å². The average molecular weight is 345 g/mol. The molecule has 2 aromatic rings. The summed E-state index contributed by atoms with van der Waals surface area (Å²) >= 11 is 0. The van der Waals surface area contributed by atoms with E-state index in [4.69, 9.17) is 6.42 Å². The number of terminal acetylenes is 1. The Morgan fingerprint density at radius 1 is 1.12 bits per heavy atom. The molecule has 3 nitrogen and oxygen atoms in total. The van der Waals surface area contributed by atoms with Gasteiger partial charge in [-0.1, -0.05) is 48.4 Å². The molecular weight excluding hydrogens is 320 g/mol. The SMILES string of the molecule is C#C[C@H]1C[NH+]2CC[C@H]1C[C@@H]2CNC(=O)c1ccc(-c2ccccc2)cc1. The number of carbonyl (C=O) groups excluding carboxylic acids is 1. The van der Waals surface area contributed by atoms with Crippen molar-refractivity contribution in [2.24, 2.45) is 11.8 Å². The number of rotatable bonds is 4. The number of nitrogens with one attached hydrogen (secondary N) is 2. The van der Waals surface area contributed by atoms with Crippen LogP contribution in [0.5, 0.6) is 0 Å². The van der Waals surface area contributed by atoms with Crippen molar-refractivity contribution in [2.45, 2.75) is 18.9 Å². The first-order chi connectivity index (χ1) is 12.7. The Morgan fingerprint density at radius 2 is 1.85 bits per heavy atom. The van der Waals surface area contributed by atoms with E-state index < -0.39 is 0 Å². The number of quaternary nitrogens is 1. The van der Waals surface area contributed by atoms with Crippen molar-refractivity contribution < 1.29 is 9.69 Å². The summed E-state index contributed by atoms with van der Waals surface area (Å²) in [6.45, 7) is 2.99. The normalized spacial score (nSPS) is 26.9. The van der Waals surface area contributed by atoms with Crippen LogP contribution in [0.25, 0.3) is 11.1 Å². The molecule has 1 unspecified atom stereocenters. The molecule has 1 amide bonds. The van der Waals surface area contributed by atoms with Crippen LogP contribution in [0.2, 0.25) is 0 Å². The number of hydrogen-bond acceptors (Lipinski definition) is 1. The third-order valence-corrected chi connectivity index (χ3v) is 6.03. The van der Waals surface area contributed by atoms with Gasteiger partial charge in [-0.05, 0) is 29.2 Å². The lowest BCUT2D eigenvalue weighted by Crippen LogP contribution is -3.20. The van der Waals surface area contributed by atoms with Crippen LogP contribution in [0.1, 0.15) is 23.2 Å². The number of fused-ring (bicyclic) bond motifs is 3. The molecule has 132 valence electrons. The molecule has 0 saturated carbocycles. The van der Waals surface area contributed by atoms with E-state index in [9.17, 15) is 4.79 Å². The molecule has 5 rings (SSSR count). The van der Waals surface area contributed by atoms with Gasteiger partial charge in [-0.25, -0.2) is 0 Å². The van der Waals surface area contributed by atoms with E-state index in [-0.39, 0.29) is 5.91 Å². The molecule has 0 spiro atoms. The average Bonchev–Trinajstić information content (AvgIpc) is 2.73. The summed E-state index contributed by atoms with van der Waals surface area (Å²) in [6, 6.07) is 18.6. The second-order valence-corrected chi connectivity index (χ2v) is 7.52. The van der Waals surface area contributed by atoms with Gasteiger partial charge >= 0.3 is 0 Å². The summed E-state index contributed by atoms with van der Waals surface area (Å²) in [5.41, 5.74) is 3.01. The lowest BCUT2D eigenvalue weighted by molar-refractivity contribution is -0.943. The van der Waals surface area contributed by atoms with Gasteiger partial charge in [-0.3, -0.25) is 4.79 Å². The third kappa shape index (κ3) is 3.38. The summed E-state index contributed by atoms with van der Waals surface area (Å²) in [4.78, 5) is 14.1. The maximum Gasteiger partial charge on any atom is 0.251 e. The molecule has 2 bridgehead atoms. The molecule has 2 N–H and O–H groups in total. The summed E-state index contributed by atoms with van der Waals surface area (Å²) in [5.74, 6) is 4.04. The van der Waals surface area contributed by atoms with Crippen molar-refractivity contribution in [2.75, 3.05) is 19.6 Å². The standard InChI is InChI=1S/C23H24N2O/c1-2-17-16-25-13-12-21(17)14-22(25)15-24-23(26)20-10-8-19(9-11-20)18-6-4-3-5-7-18/h1,3-11,17,21-22H,12-16H2,(H,24,26)/p+1/t17-,21-,22+/m0/s1. The number of benzene rings is 2. The van der Waals surface area contributed by atoms with Gasteiger partial charge in [0.25, 0.3) is 5.91 Å². The van der Waals surface area contributed by atoms with Crippen molar-refractivity contribution in [3.8, 4) is 23.5 Å². The van der Waals surface area contributed by atoms with Gasteiger partial charge in [0.05, 0.1) is 25.6 Å². The highest BCUT2D eigenvalue weighted by Crippen LogP contribution is 2.26. The van der Waals surface area contributed by atoms with Gasteiger partial charge in [0, 0.05) is 18.4 Å². The molecule has 2 aromatic carbocycles. The van der Waals surface area contributed by atoms with Gasteiger partial charge < -0.3 is 10.2 Å². The molecule has 0 aliphatic carbocycles. The van der Waals surface area contributed by atoms with Crippen LogP contribution in [-0.2, 0) is 0 Å². The Hall–Kier alpha value is -2.57. The van der Waals surface area contributed by atoms with Crippen molar-refractivity contribution in [3.63, 3.8) is 0 Å². The first-order valence-corrected chi connectivity index (χ1v) is 9.49. The molecule has 3 heterocycles. The molecule has 3 aliphatic rings. The fourth-order valence-corrected chi connectivity index (χ4v) is 4.49. The van der Waals surface area contributed by atoms with Crippen LogP contribution >= 0.6 is 0 Å². The van der Waals surface area contributed by atoms with E-state index in [1.807, 2.05) is 42.5 Å². The molecule has 0 aromatic heterocycles. The summed E-state index contributed by atoms with van der Waals surface area (Å²) < 4.78 is 0. The highest BCUT2D eigenvalue weighted by Gasteiger charge is 2.42. The number of piperidine rings is 3. The van der Waals surface area contributed by atoms with Gasteiger partial charge in [-0.15, -0.1) is 6.42 Å². The van der Waals surface area contributed by atoms with Gasteiger partial charge in [-0.2, -0.15) is 0 Å². The number of amides is 1. The van der Waals surface area contributed by atoms with Gasteiger partial charge in [0.1, 0.15) is 6.04 Å². The fraction of sp³-hybridized carbons (Fsp3) is 0.348. The maximum atomic E-state index is 12.5. The highest BCUT2D eigenvalue weighted by molar-refractivity contribution is 5.94. The zero-order valence-electron chi connectivity index (χ0n) is 14.9. The molecule has 3 saturated heterocycles. The fourth-order valence-electron chi connectivity index (χ4n) is 4.49. The highest BCUT2D eigenvalue weighted by atomic mass is 16.1. The quantitative estimate of drug-likeness (QED) is 0.817. The Morgan fingerprint density at radius 3 is 2.50 bits per heavy atom. The Balaban J connectivity index is 1.35. The minimum atomic E-state index is 0.0140. The zero-order chi connectivity index (χ0) is 17.9. The van der Waals surface area contributed by atoms with E-state index in [2.05, 4.69) is 23.4 Å². The Labute approximate surface area is 155 Å². The molecule has 3 fully saturated rings. The summed E-state index contributed by atoms with van der Waals surface area (Å²) in [5, 5.41) is 3.13. The molecular formula is C23H25N2O+.